The summed E-state index contributed by atoms with van der Waals surface area (Å²) in [5.74, 6) is 1.23. The van der Waals surface area contributed by atoms with Crippen LogP contribution in [-0.4, -0.2) is 5.88 Å². The monoisotopic (exact) mass is 274 g/mol. The summed E-state index contributed by atoms with van der Waals surface area (Å²) in [5.41, 5.74) is 1.35. The zero-order valence-corrected chi connectivity index (χ0v) is 10.8. The van der Waals surface area contributed by atoms with Crippen molar-refractivity contribution in [3.63, 3.8) is 0 Å². The van der Waals surface area contributed by atoms with Gasteiger partial charge in [-0.15, -0.1) is 11.6 Å². The van der Waals surface area contributed by atoms with Gasteiger partial charge in [-0.1, -0.05) is 47.8 Å². The normalized spacial score (nSPS) is 12.8. The fourth-order valence-corrected chi connectivity index (χ4v) is 2.29. The van der Waals surface area contributed by atoms with E-state index in [4.69, 9.17) is 11.6 Å². The van der Waals surface area contributed by atoms with Gasteiger partial charge in [0.25, 0.3) is 0 Å². The number of rotatable bonds is 5. The maximum Gasteiger partial charge on any atom is 0.0292 e. The van der Waals surface area contributed by atoms with Crippen LogP contribution in [0.15, 0.2) is 28.7 Å². The fraction of sp³-hybridized carbons (Fsp3) is 0.500. The van der Waals surface area contributed by atoms with E-state index in [1.54, 1.807) is 0 Å². The first-order valence-electron chi connectivity index (χ1n) is 5.09. The molecule has 1 atom stereocenters. The van der Waals surface area contributed by atoms with Crippen molar-refractivity contribution in [2.45, 2.75) is 32.1 Å². The Morgan fingerprint density at radius 3 is 2.79 bits per heavy atom. The molecule has 0 aromatic heterocycles. The van der Waals surface area contributed by atoms with Gasteiger partial charge in [0.1, 0.15) is 0 Å². The van der Waals surface area contributed by atoms with Gasteiger partial charge in [-0.05, 0) is 30.0 Å². The molecule has 0 saturated carbocycles. The molecule has 0 radical (unpaired) electrons. The Morgan fingerprint density at radius 2 is 2.21 bits per heavy atom. The molecular weight excluding hydrogens is 259 g/mol. The van der Waals surface area contributed by atoms with E-state index >= 15 is 0 Å². The molecule has 0 fully saturated rings. The quantitative estimate of drug-likeness (QED) is 0.666. The minimum atomic E-state index is 0.508. The topological polar surface area (TPSA) is 0 Å². The second kappa shape index (κ2) is 6.47. The van der Waals surface area contributed by atoms with E-state index in [0.29, 0.717) is 5.92 Å². The van der Waals surface area contributed by atoms with Crippen LogP contribution in [0.3, 0.4) is 0 Å². The lowest BCUT2D eigenvalue weighted by molar-refractivity contribution is 0.628. The van der Waals surface area contributed by atoms with Crippen molar-refractivity contribution in [3.8, 4) is 0 Å². The molecular formula is C12H16BrCl. The Morgan fingerprint density at radius 1 is 1.43 bits per heavy atom. The van der Waals surface area contributed by atoms with Crippen LogP contribution in [0.1, 0.15) is 37.7 Å². The summed E-state index contributed by atoms with van der Waals surface area (Å²) in [7, 11) is 0. The third kappa shape index (κ3) is 3.62. The molecule has 1 aromatic carbocycles. The van der Waals surface area contributed by atoms with Gasteiger partial charge in [0, 0.05) is 10.4 Å². The first-order valence-corrected chi connectivity index (χ1v) is 6.42. The molecule has 0 heterocycles. The van der Waals surface area contributed by atoms with E-state index in [9.17, 15) is 0 Å². The molecule has 78 valence electrons. The molecule has 1 unspecified atom stereocenters. The standard InChI is InChI=1S/C12H16BrCl/c1-2-3-5-11(9-14)10-6-4-7-12(13)8-10/h4,6-8,11H,2-3,5,9H2,1H3. The smallest absolute Gasteiger partial charge is 0.0292 e. The predicted octanol–water partition coefficient (Wildman–Crippen LogP) is 4.96. The summed E-state index contributed by atoms with van der Waals surface area (Å²) < 4.78 is 1.14. The van der Waals surface area contributed by atoms with Crippen LogP contribution in [0.5, 0.6) is 0 Å². The van der Waals surface area contributed by atoms with E-state index in [1.165, 1.54) is 24.8 Å². The van der Waals surface area contributed by atoms with Crippen LogP contribution in [0, 0.1) is 0 Å². The summed E-state index contributed by atoms with van der Waals surface area (Å²) in [6.45, 7) is 2.21. The molecule has 0 spiro atoms. The lowest BCUT2D eigenvalue weighted by Gasteiger charge is -2.13. The van der Waals surface area contributed by atoms with Crippen LogP contribution in [0.4, 0.5) is 0 Å². The molecule has 0 aliphatic heterocycles. The lowest BCUT2D eigenvalue weighted by atomic mass is 9.95. The minimum Gasteiger partial charge on any atom is -0.126 e. The average Bonchev–Trinajstić information content (AvgIpc) is 2.19. The highest BCUT2D eigenvalue weighted by atomic mass is 79.9. The van der Waals surface area contributed by atoms with Crippen LogP contribution < -0.4 is 0 Å². The molecule has 0 aliphatic rings. The van der Waals surface area contributed by atoms with Crippen molar-refractivity contribution in [3.05, 3.63) is 34.3 Å². The fourth-order valence-electron chi connectivity index (χ4n) is 1.54. The molecule has 1 rings (SSSR count). The first kappa shape index (κ1) is 12.1. The largest absolute Gasteiger partial charge is 0.126 e. The van der Waals surface area contributed by atoms with Crippen molar-refractivity contribution in [2.24, 2.45) is 0 Å². The lowest BCUT2D eigenvalue weighted by Crippen LogP contribution is -2.00. The van der Waals surface area contributed by atoms with Gasteiger partial charge in [-0.25, -0.2) is 0 Å². The van der Waals surface area contributed by atoms with Crippen molar-refractivity contribution in [1.82, 2.24) is 0 Å². The van der Waals surface area contributed by atoms with E-state index in [-0.39, 0.29) is 0 Å². The van der Waals surface area contributed by atoms with Crippen molar-refractivity contribution in [1.29, 1.82) is 0 Å². The Bertz CT molecular complexity index is 273. The number of alkyl halides is 1. The zero-order chi connectivity index (χ0) is 10.4. The Hall–Kier alpha value is -0.0100. The van der Waals surface area contributed by atoms with Crippen molar-refractivity contribution >= 4 is 27.5 Å². The summed E-state index contributed by atoms with van der Waals surface area (Å²) in [6.07, 6.45) is 3.68. The van der Waals surface area contributed by atoms with E-state index in [0.717, 1.165) is 10.4 Å². The first-order chi connectivity index (χ1) is 6.77. The SMILES string of the molecule is CCCCC(CCl)c1cccc(Br)c1. The van der Waals surface area contributed by atoms with Crippen LogP contribution in [0.25, 0.3) is 0 Å². The maximum atomic E-state index is 5.97. The summed E-state index contributed by atoms with van der Waals surface area (Å²) in [6, 6.07) is 8.45. The molecule has 0 N–H and O–H groups in total. The number of hydrogen-bond donors (Lipinski definition) is 0. The van der Waals surface area contributed by atoms with Crippen LogP contribution in [0.2, 0.25) is 0 Å². The van der Waals surface area contributed by atoms with Gasteiger partial charge in [0.2, 0.25) is 0 Å². The Balaban J connectivity index is 2.68. The van der Waals surface area contributed by atoms with Gasteiger partial charge >= 0.3 is 0 Å². The van der Waals surface area contributed by atoms with Crippen molar-refractivity contribution in [2.75, 3.05) is 5.88 Å². The maximum absolute atomic E-state index is 5.97. The highest BCUT2D eigenvalue weighted by Crippen LogP contribution is 2.25. The number of unbranched alkanes of at least 4 members (excludes halogenated alkanes) is 1. The summed E-state index contributed by atoms with van der Waals surface area (Å²) in [5, 5.41) is 0. The molecule has 0 aliphatic carbocycles. The second-order valence-corrected chi connectivity index (χ2v) is 4.77. The van der Waals surface area contributed by atoms with E-state index < -0.39 is 0 Å². The molecule has 0 bridgehead atoms. The number of hydrogen-bond acceptors (Lipinski definition) is 0. The molecule has 0 saturated heterocycles. The van der Waals surface area contributed by atoms with E-state index in [2.05, 4.69) is 47.1 Å². The predicted molar refractivity (Wildman–Crippen MR) is 67.1 cm³/mol. The molecule has 1 aromatic rings. The van der Waals surface area contributed by atoms with Crippen molar-refractivity contribution < 1.29 is 0 Å². The molecule has 0 amide bonds. The van der Waals surface area contributed by atoms with Crippen LogP contribution >= 0.6 is 27.5 Å². The minimum absolute atomic E-state index is 0.508. The number of halogens is 2. The summed E-state index contributed by atoms with van der Waals surface area (Å²) in [4.78, 5) is 0. The summed E-state index contributed by atoms with van der Waals surface area (Å²) >= 11 is 9.46. The average molecular weight is 276 g/mol. The van der Waals surface area contributed by atoms with Gasteiger partial charge in [0.05, 0.1) is 0 Å². The van der Waals surface area contributed by atoms with Gasteiger partial charge in [-0.2, -0.15) is 0 Å². The van der Waals surface area contributed by atoms with Crippen LogP contribution in [-0.2, 0) is 0 Å². The van der Waals surface area contributed by atoms with Gasteiger partial charge in [-0.3, -0.25) is 0 Å². The third-order valence-electron chi connectivity index (χ3n) is 2.41. The van der Waals surface area contributed by atoms with Gasteiger partial charge in [0.15, 0.2) is 0 Å². The second-order valence-electron chi connectivity index (χ2n) is 3.55. The molecule has 14 heavy (non-hydrogen) atoms. The third-order valence-corrected chi connectivity index (χ3v) is 3.28. The molecule has 2 heteroatoms. The zero-order valence-electron chi connectivity index (χ0n) is 8.47. The Kier molecular flexibility index (Phi) is 5.57. The Labute approximate surface area is 99.8 Å². The highest BCUT2D eigenvalue weighted by molar-refractivity contribution is 9.10. The highest BCUT2D eigenvalue weighted by Gasteiger charge is 2.09. The molecule has 0 nitrogen and oxygen atoms in total. The van der Waals surface area contributed by atoms with Gasteiger partial charge < -0.3 is 0 Å². The van der Waals surface area contributed by atoms with E-state index in [1.807, 2.05) is 0 Å². The number of benzene rings is 1.